The normalized spacial score (nSPS) is 10.5. The lowest BCUT2D eigenvalue weighted by Gasteiger charge is -2.14. The molecule has 0 bridgehead atoms. The highest BCUT2D eigenvalue weighted by Gasteiger charge is 2.06. The molecule has 0 amide bonds. The molecule has 4 heteroatoms. The van der Waals surface area contributed by atoms with Gasteiger partial charge in [0.05, 0.1) is 0 Å². The molecule has 21 heavy (non-hydrogen) atoms. The maximum absolute atomic E-state index is 5.87. The molecule has 0 aliphatic carbocycles. The van der Waals surface area contributed by atoms with Crippen LogP contribution in [0.15, 0.2) is 40.9 Å². The topological polar surface area (TPSA) is 18.5 Å². The van der Waals surface area contributed by atoms with Crippen LogP contribution in [0.25, 0.3) is 0 Å². The average molecular weight is 414 g/mol. The van der Waals surface area contributed by atoms with Crippen LogP contribution in [0.5, 0.6) is 11.5 Å². The summed E-state index contributed by atoms with van der Waals surface area (Å²) in [7, 11) is 0. The SMILES string of the molecule is Cc1cc(CBr)cc(C)c1OCCOc1cccc(Br)c1. The van der Waals surface area contributed by atoms with E-state index in [1.165, 1.54) is 5.56 Å². The Labute approximate surface area is 142 Å². The highest BCUT2D eigenvalue weighted by Crippen LogP contribution is 2.26. The summed E-state index contributed by atoms with van der Waals surface area (Å²) in [5, 5.41) is 0.862. The van der Waals surface area contributed by atoms with Crippen LogP contribution >= 0.6 is 31.9 Å². The molecule has 0 fully saturated rings. The zero-order valence-corrected chi connectivity index (χ0v) is 15.3. The van der Waals surface area contributed by atoms with Gasteiger partial charge in [0.25, 0.3) is 0 Å². The Kier molecular flexibility index (Phi) is 6.12. The van der Waals surface area contributed by atoms with Crippen LogP contribution < -0.4 is 9.47 Å². The summed E-state index contributed by atoms with van der Waals surface area (Å²) in [5.41, 5.74) is 3.58. The summed E-state index contributed by atoms with van der Waals surface area (Å²) in [6, 6.07) is 12.1. The van der Waals surface area contributed by atoms with Gasteiger partial charge in [-0.2, -0.15) is 0 Å². The Morgan fingerprint density at radius 3 is 2.24 bits per heavy atom. The maximum Gasteiger partial charge on any atom is 0.125 e. The first-order chi connectivity index (χ1) is 10.1. The highest BCUT2D eigenvalue weighted by molar-refractivity contribution is 9.10. The molecule has 0 radical (unpaired) electrons. The Morgan fingerprint density at radius 1 is 0.952 bits per heavy atom. The summed E-state index contributed by atoms with van der Waals surface area (Å²) >= 11 is 6.91. The smallest absolute Gasteiger partial charge is 0.125 e. The van der Waals surface area contributed by atoms with Gasteiger partial charge < -0.3 is 9.47 Å². The first kappa shape index (κ1) is 16.4. The van der Waals surface area contributed by atoms with Crippen LogP contribution in [-0.4, -0.2) is 13.2 Å². The second kappa shape index (κ2) is 7.85. The number of hydrogen-bond acceptors (Lipinski definition) is 2. The van der Waals surface area contributed by atoms with Gasteiger partial charge in [0, 0.05) is 9.80 Å². The van der Waals surface area contributed by atoms with Crippen molar-refractivity contribution in [3.63, 3.8) is 0 Å². The minimum Gasteiger partial charge on any atom is -0.490 e. The van der Waals surface area contributed by atoms with E-state index in [0.29, 0.717) is 13.2 Å². The third kappa shape index (κ3) is 4.75. The highest BCUT2D eigenvalue weighted by atomic mass is 79.9. The number of rotatable bonds is 6. The second-order valence-electron chi connectivity index (χ2n) is 4.85. The number of alkyl halides is 1. The van der Waals surface area contributed by atoms with E-state index in [9.17, 15) is 0 Å². The zero-order chi connectivity index (χ0) is 15.2. The van der Waals surface area contributed by atoms with Crippen molar-refractivity contribution >= 4 is 31.9 Å². The molecule has 112 valence electrons. The third-order valence-electron chi connectivity index (χ3n) is 3.07. The van der Waals surface area contributed by atoms with E-state index in [-0.39, 0.29) is 0 Å². The van der Waals surface area contributed by atoms with Crippen LogP contribution in [-0.2, 0) is 5.33 Å². The molecule has 0 N–H and O–H groups in total. The molecule has 0 aliphatic rings. The molecule has 0 atom stereocenters. The van der Waals surface area contributed by atoms with Gasteiger partial charge in [-0.05, 0) is 48.7 Å². The lowest BCUT2D eigenvalue weighted by atomic mass is 10.1. The molecule has 0 saturated heterocycles. The molecule has 2 aromatic carbocycles. The van der Waals surface area contributed by atoms with Gasteiger partial charge in [0.2, 0.25) is 0 Å². The van der Waals surface area contributed by atoms with Crippen LogP contribution in [0.1, 0.15) is 16.7 Å². The van der Waals surface area contributed by atoms with Crippen molar-refractivity contribution in [2.45, 2.75) is 19.2 Å². The molecule has 0 saturated carbocycles. The lowest BCUT2D eigenvalue weighted by Crippen LogP contribution is -2.10. The molecule has 0 unspecified atom stereocenters. The van der Waals surface area contributed by atoms with Crippen LogP contribution in [0.2, 0.25) is 0 Å². The van der Waals surface area contributed by atoms with Crippen LogP contribution in [0.3, 0.4) is 0 Å². The number of halogens is 2. The molecule has 2 nitrogen and oxygen atoms in total. The Bertz CT molecular complexity index is 588. The van der Waals surface area contributed by atoms with E-state index in [0.717, 1.165) is 32.4 Å². The van der Waals surface area contributed by atoms with Gasteiger partial charge in [0.15, 0.2) is 0 Å². The Hall–Kier alpha value is -1.000. The summed E-state index contributed by atoms with van der Waals surface area (Å²) < 4.78 is 12.5. The largest absolute Gasteiger partial charge is 0.490 e. The van der Waals surface area contributed by atoms with Gasteiger partial charge in [-0.1, -0.05) is 50.1 Å². The summed E-state index contributed by atoms with van der Waals surface area (Å²) in [5.74, 6) is 1.80. The lowest BCUT2D eigenvalue weighted by molar-refractivity contribution is 0.215. The van der Waals surface area contributed by atoms with Crippen molar-refractivity contribution in [1.82, 2.24) is 0 Å². The van der Waals surface area contributed by atoms with E-state index < -0.39 is 0 Å². The van der Waals surface area contributed by atoms with Gasteiger partial charge in [-0.25, -0.2) is 0 Å². The van der Waals surface area contributed by atoms with Crippen molar-refractivity contribution in [2.75, 3.05) is 13.2 Å². The third-order valence-corrected chi connectivity index (χ3v) is 4.21. The molecular formula is C17H18Br2O2. The standard InChI is InChI=1S/C17H18Br2O2/c1-12-8-14(11-18)9-13(2)17(12)21-7-6-20-16-5-3-4-15(19)10-16/h3-5,8-10H,6-7,11H2,1-2H3. The number of ether oxygens (including phenoxy) is 2. The molecular weight excluding hydrogens is 396 g/mol. The predicted molar refractivity (Wildman–Crippen MR) is 93.7 cm³/mol. The fraction of sp³-hybridized carbons (Fsp3) is 0.294. The van der Waals surface area contributed by atoms with Crippen molar-refractivity contribution in [2.24, 2.45) is 0 Å². The fourth-order valence-electron chi connectivity index (χ4n) is 2.20. The van der Waals surface area contributed by atoms with Crippen LogP contribution in [0.4, 0.5) is 0 Å². The Morgan fingerprint density at radius 2 is 1.62 bits per heavy atom. The van der Waals surface area contributed by atoms with Gasteiger partial charge >= 0.3 is 0 Å². The van der Waals surface area contributed by atoms with Gasteiger partial charge in [-0.15, -0.1) is 0 Å². The number of benzene rings is 2. The zero-order valence-electron chi connectivity index (χ0n) is 12.2. The van der Waals surface area contributed by atoms with E-state index in [2.05, 4.69) is 57.8 Å². The molecule has 0 spiro atoms. The van der Waals surface area contributed by atoms with E-state index >= 15 is 0 Å². The fourth-order valence-corrected chi connectivity index (χ4v) is 2.91. The summed E-state index contributed by atoms with van der Waals surface area (Å²) in [6.07, 6.45) is 0. The summed E-state index contributed by atoms with van der Waals surface area (Å²) in [4.78, 5) is 0. The first-order valence-electron chi connectivity index (χ1n) is 6.77. The first-order valence-corrected chi connectivity index (χ1v) is 8.69. The van der Waals surface area contributed by atoms with Crippen molar-refractivity contribution in [3.05, 3.63) is 57.6 Å². The monoisotopic (exact) mass is 412 g/mol. The Balaban J connectivity index is 1.89. The van der Waals surface area contributed by atoms with Crippen molar-refractivity contribution in [3.8, 4) is 11.5 Å². The summed E-state index contributed by atoms with van der Waals surface area (Å²) in [6.45, 7) is 5.20. The van der Waals surface area contributed by atoms with E-state index in [1.54, 1.807) is 0 Å². The van der Waals surface area contributed by atoms with Gasteiger partial charge in [0.1, 0.15) is 24.7 Å². The molecule has 0 aliphatic heterocycles. The van der Waals surface area contributed by atoms with Crippen molar-refractivity contribution in [1.29, 1.82) is 0 Å². The van der Waals surface area contributed by atoms with Crippen molar-refractivity contribution < 1.29 is 9.47 Å². The average Bonchev–Trinajstić information content (AvgIpc) is 2.45. The second-order valence-corrected chi connectivity index (χ2v) is 6.32. The van der Waals surface area contributed by atoms with Gasteiger partial charge in [-0.3, -0.25) is 0 Å². The minimum atomic E-state index is 0.523. The maximum atomic E-state index is 5.87. The molecule has 0 heterocycles. The molecule has 2 aromatic rings. The number of hydrogen-bond donors (Lipinski definition) is 0. The predicted octanol–water partition coefficient (Wildman–Crippen LogP) is 5.42. The molecule has 2 rings (SSSR count). The minimum absolute atomic E-state index is 0.523. The molecule has 0 aromatic heterocycles. The van der Waals surface area contributed by atoms with E-state index in [1.807, 2.05) is 24.3 Å². The number of aryl methyl sites for hydroxylation is 2. The van der Waals surface area contributed by atoms with E-state index in [4.69, 9.17) is 9.47 Å². The quantitative estimate of drug-likeness (QED) is 0.465. The van der Waals surface area contributed by atoms with Crippen LogP contribution in [0, 0.1) is 13.8 Å².